The quantitative estimate of drug-likeness (QED) is 0.455. The Labute approximate surface area is 172 Å². The van der Waals surface area contributed by atoms with Gasteiger partial charge in [0.25, 0.3) is 5.56 Å². The van der Waals surface area contributed by atoms with Crippen LogP contribution in [0.25, 0.3) is 27.6 Å². The van der Waals surface area contributed by atoms with Crippen LogP contribution in [0.1, 0.15) is 11.1 Å². The van der Waals surface area contributed by atoms with E-state index in [0.29, 0.717) is 23.4 Å². The molecule has 0 saturated heterocycles. The van der Waals surface area contributed by atoms with Gasteiger partial charge in [0.2, 0.25) is 0 Å². The highest BCUT2D eigenvalue weighted by molar-refractivity contribution is 6.07. The summed E-state index contributed by atoms with van der Waals surface area (Å²) in [5.74, 6) is 0.948. The third-order valence-corrected chi connectivity index (χ3v) is 5.44. The van der Waals surface area contributed by atoms with E-state index in [4.69, 9.17) is 14.5 Å². The number of imidazole rings is 1. The van der Waals surface area contributed by atoms with E-state index in [2.05, 4.69) is 0 Å². The van der Waals surface area contributed by atoms with Crippen molar-refractivity contribution < 1.29 is 9.47 Å². The van der Waals surface area contributed by atoms with Crippen molar-refractivity contribution in [3.05, 3.63) is 82.3 Å². The summed E-state index contributed by atoms with van der Waals surface area (Å²) in [4.78, 5) is 18.7. The maximum atomic E-state index is 13.8. The molecular weight excluding hydrogens is 378 g/mol. The Morgan fingerprint density at radius 1 is 0.967 bits per heavy atom. The molecule has 0 spiro atoms. The van der Waals surface area contributed by atoms with Gasteiger partial charge in [0.05, 0.1) is 26.2 Å². The molecule has 0 N–H and O–H groups in total. The van der Waals surface area contributed by atoms with Gasteiger partial charge in [-0.25, -0.2) is 4.98 Å². The first kappa shape index (κ1) is 18.2. The molecule has 5 rings (SSSR count). The summed E-state index contributed by atoms with van der Waals surface area (Å²) in [7, 11) is 3.12. The fourth-order valence-electron chi connectivity index (χ4n) is 4.06. The number of pyridine rings is 2. The smallest absolute Gasteiger partial charge is 0.264 e. The zero-order valence-electron chi connectivity index (χ0n) is 17.0. The molecule has 6 heteroatoms. The van der Waals surface area contributed by atoms with Crippen molar-refractivity contribution >= 4 is 27.6 Å². The van der Waals surface area contributed by atoms with Gasteiger partial charge in [0.1, 0.15) is 16.8 Å². The van der Waals surface area contributed by atoms with E-state index in [1.54, 1.807) is 18.8 Å². The van der Waals surface area contributed by atoms with Crippen LogP contribution in [0.2, 0.25) is 0 Å². The number of hydrogen-bond acceptors (Lipinski definition) is 4. The highest BCUT2D eigenvalue weighted by Crippen LogP contribution is 2.36. The van der Waals surface area contributed by atoms with Crippen LogP contribution in [0.5, 0.6) is 11.5 Å². The summed E-state index contributed by atoms with van der Waals surface area (Å²) in [6.07, 6.45) is 2.01. The Morgan fingerprint density at radius 2 is 1.77 bits per heavy atom. The van der Waals surface area contributed by atoms with Crippen LogP contribution < -0.4 is 15.0 Å². The number of benzene rings is 2. The van der Waals surface area contributed by atoms with Gasteiger partial charge in [-0.05, 0) is 36.2 Å². The molecule has 0 atom stereocenters. The van der Waals surface area contributed by atoms with E-state index in [9.17, 15) is 4.79 Å². The fourth-order valence-corrected chi connectivity index (χ4v) is 4.06. The molecule has 150 valence electrons. The molecule has 0 radical (unpaired) electrons. The molecule has 30 heavy (non-hydrogen) atoms. The highest BCUT2D eigenvalue weighted by atomic mass is 16.5. The van der Waals surface area contributed by atoms with Crippen LogP contribution in [0, 0.1) is 6.92 Å². The molecule has 5 aromatic rings. The van der Waals surface area contributed by atoms with Crippen molar-refractivity contribution in [3.63, 3.8) is 0 Å². The number of fused-ring (bicyclic) bond motifs is 5. The van der Waals surface area contributed by atoms with Crippen molar-refractivity contribution in [2.75, 3.05) is 14.2 Å². The molecule has 6 nitrogen and oxygen atoms in total. The standard InChI is InChI=1S/C24H21N3O3/c1-15-9-12-19-25-21-17-10-11-18(29-2)22(30-3)20(17)24(28)27(23(21)26(19)13-15)14-16-7-5-4-6-8-16/h4-13H,14H2,1-3H3. The molecule has 0 amide bonds. The topological polar surface area (TPSA) is 57.8 Å². The SMILES string of the molecule is COc1ccc2c(c1OC)c(=O)n(Cc1ccccc1)c1c2nc2ccc(C)cn21. The molecule has 0 aliphatic heterocycles. The third-order valence-electron chi connectivity index (χ3n) is 5.44. The number of rotatable bonds is 4. The minimum Gasteiger partial charge on any atom is -0.493 e. The van der Waals surface area contributed by atoms with Crippen molar-refractivity contribution in [1.29, 1.82) is 0 Å². The van der Waals surface area contributed by atoms with Crippen LogP contribution >= 0.6 is 0 Å². The lowest BCUT2D eigenvalue weighted by atomic mass is 10.1. The third kappa shape index (κ3) is 2.64. The average molecular weight is 399 g/mol. The average Bonchev–Trinajstić information content (AvgIpc) is 3.14. The Hall–Kier alpha value is -3.80. The van der Waals surface area contributed by atoms with Gasteiger partial charge in [-0.2, -0.15) is 0 Å². The number of aromatic nitrogens is 3. The van der Waals surface area contributed by atoms with Crippen LogP contribution in [0.4, 0.5) is 0 Å². The molecule has 0 bridgehead atoms. The minimum atomic E-state index is -0.139. The molecule has 0 aliphatic carbocycles. The van der Waals surface area contributed by atoms with Crippen LogP contribution in [-0.2, 0) is 6.54 Å². The van der Waals surface area contributed by atoms with E-state index in [0.717, 1.165) is 33.3 Å². The Balaban J connectivity index is 1.99. The van der Waals surface area contributed by atoms with Crippen molar-refractivity contribution in [1.82, 2.24) is 14.0 Å². The van der Waals surface area contributed by atoms with Gasteiger partial charge in [-0.15, -0.1) is 0 Å². The second kappa shape index (κ2) is 6.91. The lowest BCUT2D eigenvalue weighted by Gasteiger charge is -2.14. The summed E-state index contributed by atoms with van der Waals surface area (Å²) in [5.41, 5.74) is 4.30. The summed E-state index contributed by atoms with van der Waals surface area (Å²) < 4.78 is 14.8. The van der Waals surface area contributed by atoms with Crippen LogP contribution in [0.15, 0.2) is 65.6 Å². The molecule has 0 aliphatic rings. The lowest BCUT2D eigenvalue weighted by molar-refractivity contribution is 0.358. The van der Waals surface area contributed by atoms with Gasteiger partial charge >= 0.3 is 0 Å². The van der Waals surface area contributed by atoms with E-state index in [1.165, 1.54) is 0 Å². The predicted octanol–water partition coefficient (Wildman–Crippen LogP) is 4.18. The Kier molecular flexibility index (Phi) is 4.20. The number of aryl methyl sites for hydroxylation is 1. The first-order valence-electron chi connectivity index (χ1n) is 9.72. The first-order chi connectivity index (χ1) is 14.6. The summed E-state index contributed by atoms with van der Waals surface area (Å²) in [6, 6.07) is 17.6. The fraction of sp³-hybridized carbons (Fsp3) is 0.167. The van der Waals surface area contributed by atoms with E-state index in [-0.39, 0.29) is 5.56 Å². The second-order valence-corrected chi connectivity index (χ2v) is 7.32. The van der Waals surface area contributed by atoms with Gasteiger partial charge in [-0.3, -0.25) is 13.8 Å². The second-order valence-electron chi connectivity index (χ2n) is 7.32. The molecule has 3 heterocycles. The van der Waals surface area contributed by atoms with Gasteiger partial charge in [0.15, 0.2) is 11.5 Å². The van der Waals surface area contributed by atoms with E-state index in [1.807, 2.05) is 72.1 Å². The molecule has 0 saturated carbocycles. The number of methoxy groups -OCH3 is 2. The lowest BCUT2D eigenvalue weighted by Crippen LogP contribution is -2.23. The molecular formula is C24H21N3O3. The van der Waals surface area contributed by atoms with Crippen molar-refractivity contribution in [3.8, 4) is 11.5 Å². The maximum Gasteiger partial charge on any atom is 0.264 e. The zero-order chi connectivity index (χ0) is 20.8. The number of hydrogen-bond donors (Lipinski definition) is 0. The summed E-state index contributed by atoms with van der Waals surface area (Å²) >= 11 is 0. The molecule has 2 aromatic carbocycles. The number of ether oxygens (including phenoxy) is 2. The molecule has 0 fully saturated rings. The van der Waals surface area contributed by atoms with Crippen molar-refractivity contribution in [2.24, 2.45) is 0 Å². The minimum absolute atomic E-state index is 0.139. The number of nitrogens with zero attached hydrogens (tertiary/aromatic N) is 3. The largest absolute Gasteiger partial charge is 0.493 e. The van der Waals surface area contributed by atoms with Gasteiger partial charge in [-0.1, -0.05) is 36.4 Å². The van der Waals surface area contributed by atoms with Crippen LogP contribution in [-0.4, -0.2) is 28.2 Å². The summed E-state index contributed by atoms with van der Waals surface area (Å²) in [6.45, 7) is 2.45. The normalized spacial score (nSPS) is 11.4. The monoisotopic (exact) mass is 399 g/mol. The molecule has 3 aromatic heterocycles. The van der Waals surface area contributed by atoms with Gasteiger partial charge < -0.3 is 9.47 Å². The first-order valence-corrected chi connectivity index (χ1v) is 9.72. The maximum absolute atomic E-state index is 13.8. The van der Waals surface area contributed by atoms with E-state index < -0.39 is 0 Å². The zero-order valence-corrected chi connectivity index (χ0v) is 17.0. The molecule has 0 unspecified atom stereocenters. The van der Waals surface area contributed by atoms with E-state index >= 15 is 0 Å². The van der Waals surface area contributed by atoms with Gasteiger partial charge in [0, 0.05) is 11.6 Å². The van der Waals surface area contributed by atoms with Crippen LogP contribution in [0.3, 0.4) is 0 Å². The Morgan fingerprint density at radius 3 is 2.50 bits per heavy atom. The summed E-state index contributed by atoms with van der Waals surface area (Å²) in [5, 5.41) is 1.22. The highest BCUT2D eigenvalue weighted by Gasteiger charge is 2.21. The van der Waals surface area contributed by atoms with Crippen molar-refractivity contribution in [2.45, 2.75) is 13.5 Å². The Bertz CT molecular complexity index is 1470. The predicted molar refractivity (Wildman–Crippen MR) is 118 cm³/mol.